The molecule has 2 rings (SSSR count). The van der Waals surface area contributed by atoms with Gasteiger partial charge in [-0.1, -0.05) is 6.92 Å². The number of nitrogens with zero attached hydrogens (tertiary/aromatic N) is 3. The summed E-state index contributed by atoms with van der Waals surface area (Å²) in [5.41, 5.74) is 0.717. The summed E-state index contributed by atoms with van der Waals surface area (Å²) in [6.45, 7) is 15.6. The molecule has 0 bridgehead atoms. The molecule has 1 saturated heterocycles. The molecular formula is C21H37N5O2S. The molecule has 1 fully saturated rings. The molecule has 164 valence electrons. The number of aliphatic imine (C=N–C) groups is 1. The van der Waals surface area contributed by atoms with Gasteiger partial charge in [-0.15, -0.1) is 11.3 Å². The number of aromatic nitrogens is 1. The number of nitrogens with one attached hydrogen (secondary N) is 2. The molecule has 1 aliphatic heterocycles. The summed E-state index contributed by atoms with van der Waals surface area (Å²) < 4.78 is 5.11. The number of likely N-dealkylation sites (tertiary alicyclic amines) is 1. The van der Waals surface area contributed by atoms with Gasteiger partial charge in [-0.05, 0) is 72.5 Å². The van der Waals surface area contributed by atoms with Crippen molar-refractivity contribution in [3.8, 4) is 0 Å². The molecule has 2 heterocycles. The number of carbonyl (C=O) groups is 1. The zero-order chi connectivity index (χ0) is 21.2. The third-order valence-electron chi connectivity index (χ3n) is 5.12. The monoisotopic (exact) mass is 423 g/mol. The zero-order valence-electron chi connectivity index (χ0n) is 18.6. The van der Waals surface area contributed by atoms with Crippen LogP contribution in [0.5, 0.6) is 0 Å². The first-order valence-corrected chi connectivity index (χ1v) is 11.7. The van der Waals surface area contributed by atoms with Crippen LogP contribution in [0.1, 0.15) is 73.4 Å². The summed E-state index contributed by atoms with van der Waals surface area (Å²) in [5, 5.41) is 7.57. The lowest BCUT2D eigenvalue weighted by Crippen LogP contribution is -2.39. The Labute approximate surface area is 179 Å². The fourth-order valence-corrected chi connectivity index (χ4v) is 4.31. The van der Waals surface area contributed by atoms with Crippen molar-refractivity contribution in [2.75, 3.05) is 39.3 Å². The van der Waals surface area contributed by atoms with Gasteiger partial charge in [-0.3, -0.25) is 4.99 Å². The third kappa shape index (κ3) is 7.59. The lowest BCUT2D eigenvalue weighted by Gasteiger charge is -2.29. The molecule has 0 radical (unpaired) electrons. The normalized spacial score (nSPS) is 17.2. The van der Waals surface area contributed by atoms with Gasteiger partial charge in [0.1, 0.15) is 9.88 Å². The largest absolute Gasteiger partial charge is 0.462 e. The van der Waals surface area contributed by atoms with Crippen LogP contribution in [0.25, 0.3) is 0 Å². The van der Waals surface area contributed by atoms with E-state index in [0.717, 1.165) is 48.6 Å². The predicted molar refractivity (Wildman–Crippen MR) is 120 cm³/mol. The summed E-state index contributed by atoms with van der Waals surface area (Å²) in [6.07, 6.45) is 3.68. The van der Waals surface area contributed by atoms with Crippen molar-refractivity contribution in [1.82, 2.24) is 20.5 Å². The van der Waals surface area contributed by atoms with Crippen molar-refractivity contribution in [2.45, 2.75) is 59.9 Å². The molecule has 8 heteroatoms. The van der Waals surface area contributed by atoms with Crippen LogP contribution in [0, 0.1) is 12.8 Å². The van der Waals surface area contributed by atoms with Crippen molar-refractivity contribution in [2.24, 2.45) is 10.9 Å². The molecule has 0 spiro atoms. The van der Waals surface area contributed by atoms with Gasteiger partial charge >= 0.3 is 5.97 Å². The Morgan fingerprint density at radius 2 is 2.10 bits per heavy atom. The van der Waals surface area contributed by atoms with Crippen LogP contribution in [0.4, 0.5) is 0 Å². The van der Waals surface area contributed by atoms with Crippen molar-refractivity contribution >= 4 is 23.3 Å². The molecule has 2 N–H and O–H groups in total. The van der Waals surface area contributed by atoms with Gasteiger partial charge in [0.2, 0.25) is 0 Å². The van der Waals surface area contributed by atoms with Gasteiger partial charge < -0.3 is 20.3 Å². The van der Waals surface area contributed by atoms with Crippen LogP contribution < -0.4 is 10.6 Å². The number of hydrogen-bond acceptors (Lipinski definition) is 6. The molecule has 1 aliphatic rings. The summed E-state index contributed by atoms with van der Waals surface area (Å²) in [6, 6.07) is -0.0386. The fourth-order valence-electron chi connectivity index (χ4n) is 3.35. The van der Waals surface area contributed by atoms with Crippen LogP contribution in [-0.2, 0) is 4.74 Å². The second kappa shape index (κ2) is 12.1. The Bertz CT molecular complexity index is 668. The van der Waals surface area contributed by atoms with Gasteiger partial charge in [0.05, 0.1) is 18.3 Å². The second-order valence-electron chi connectivity index (χ2n) is 7.69. The summed E-state index contributed by atoms with van der Waals surface area (Å²) in [5.74, 6) is 1.36. The van der Waals surface area contributed by atoms with Gasteiger partial charge in [0.15, 0.2) is 5.96 Å². The van der Waals surface area contributed by atoms with Crippen molar-refractivity contribution < 1.29 is 9.53 Å². The van der Waals surface area contributed by atoms with E-state index >= 15 is 0 Å². The quantitative estimate of drug-likeness (QED) is 0.274. The van der Waals surface area contributed by atoms with E-state index in [1.165, 1.54) is 37.3 Å². The topological polar surface area (TPSA) is 78.9 Å². The highest BCUT2D eigenvalue weighted by Gasteiger charge is 2.20. The fraction of sp³-hybridized carbons (Fsp3) is 0.762. The first kappa shape index (κ1) is 23.6. The van der Waals surface area contributed by atoms with Gasteiger partial charge in [-0.25, -0.2) is 9.78 Å². The molecule has 1 unspecified atom stereocenters. The van der Waals surface area contributed by atoms with E-state index in [4.69, 9.17) is 9.73 Å². The molecule has 0 saturated carbocycles. The number of guanidine groups is 1. The average molecular weight is 424 g/mol. The minimum atomic E-state index is -0.298. The summed E-state index contributed by atoms with van der Waals surface area (Å²) in [7, 11) is 0. The van der Waals surface area contributed by atoms with Gasteiger partial charge in [0.25, 0.3) is 0 Å². The maximum Gasteiger partial charge on any atom is 0.350 e. The molecule has 29 heavy (non-hydrogen) atoms. The molecular weight excluding hydrogens is 386 g/mol. The van der Waals surface area contributed by atoms with E-state index in [1.807, 2.05) is 20.8 Å². The molecule has 1 aromatic rings. The highest BCUT2D eigenvalue weighted by atomic mass is 32.1. The van der Waals surface area contributed by atoms with Crippen LogP contribution in [0.15, 0.2) is 4.99 Å². The van der Waals surface area contributed by atoms with Gasteiger partial charge in [0, 0.05) is 13.1 Å². The minimum Gasteiger partial charge on any atom is -0.462 e. The van der Waals surface area contributed by atoms with Crippen LogP contribution in [-0.4, -0.2) is 61.1 Å². The van der Waals surface area contributed by atoms with E-state index < -0.39 is 0 Å². The Hall–Kier alpha value is -1.67. The maximum atomic E-state index is 12.0. The number of hydrogen-bond donors (Lipinski definition) is 2. The molecule has 0 aromatic carbocycles. The Kier molecular flexibility index (Phi) is 9.87. The van der Waals surface area contributed by atoms with Crippen molar-refractivity contribution in [3.63, 3.8) is 0 Å². The van der Waals surface area contributed by atoms with E-state index in [1.54, 1.807) is 0 Å². The highest BCUT2D eigenvalue weighted by molar-refractivity contribution is 7.13. The number of ether oxygens (including phenoxy) is 1. The molecule has 7 nitrogen and oxygen atoms in total. The third-order valence-corrected chi connectivity index (χ3v) is 6.44. The van der Waals surface area contributed by atoms with Crippen LogP contribution in [0.2, 0.25) is 0 Å². The summed E-state index contributed by atoms with van der Waals surface area (Å²) in [4.78, 5) is 24.4. The number of rotatable bonds is 9. The summed E-state index contributed by atoms with van der Waals surface area (Å²) >= 11 is 1.39. The predicted octanol–water partition coefficient (Wildman–Crippen LogP) is 3.37. The number of thiazole rings is 1. The number of aryl methyl sites for hydroxylation is 1. The number of carbonyl (C=O) groups excluding carboxylic acids is 1. The van der Waals surface area contributed by atoms with Crippen LogP contribution in [0.3, 0.4) is 0 Å². The second-order valence-corrected chi connectivity index (χ2v) is 8.72. The number of esters is 1. The van der Waals surface area contributed by atoms with Crippen molar-refractivity contribution in [1.29, 1.82) is 0 Å². The molecule has 0 amide bonds. The minimum absolute atomic E-state index is 0.0386. The van der Waals surface area contributed by atoms with E-state index in [2.05, 4.69) is 34.4 Å². The number of piperidine rings is 1. The standard InChI is InChI=1S/C21H37N5O2S/c1-6-22-21(23-11-8-12-26-13-9-15(3)10-14-26)25-17(5)19-24-16(4)18(29-19)20(27)28-7-2/h15,17H,6-14H2,1-5H3,(H2,22,23,25). The van der Waals surface area contributed by atoms with Crippen molar-refractivity contribution in [3.05, 3.63) is 15.6 Å². The average Bonchev–Trinajstić information content (AvgIpc) is 3.09. The first-order valence-electron chi connectivity index (χ1n) is 10.9. The molecule has 1 aromatic heterocycles. The van der Waals surface area contributed by atoms with E-state index in [9.17, 15) is 4.79 Å². The molecule has 0 aliphatic carbocycles. The Morgan fingerprint density at radius 3 is 2.76 bits per heavy atom. The van der Waals surface area contributed by atoms with E-state index in [0.29, 0.717) is 11.5 Å². The molecule has 1 atom stereocenters. The Morgan fingerprint density at radius 1 is 1.38 bits per heavy atom. The maximum absolute atomic E-state index is 12.0. The lowest BCUT2D eigenvalue weighted by molar-refractivity contribution is 0.0531. The highest BCUT2D eigenvalue weighted by Crippen LogP contribution is 2.24. The first-order chi connectivity index (χ1) is 13.9. The van der Waals surface area contributed by atoms with Crippen LogP contribution >= 0.6 is 11.3 Å². The lowest BCUT2D eigenvalue weighted by atomic mass is 9.99. The zero-order valence-corrected chi connectivity index (χ0v) is 19.4. The van der Waals surface area contributed by atoms with Gasteiger partial charge in [-0.2, -0.15) is 0 Å². The smallest absolute Gasteiger partial charge is 0.350 e. The van der Waals surface area contributed by atoms with E-state index in [-0.39, 0.29) is 12.0 Å². The SMILES string of the molecule is CCNC(=NCCCN1CCC(C)CC1)NC(C)c1nc(C)c(C(=O)OCC)s1. The Balaban J connectivity index is 1.87.